The highest BCUT2D eigenvalue weighted by atomic mass is 16.1. The summed E-state index contributed by atoms with van der Waals surface area (Å²) in [5.74, 6) is 0.241. The van der Waals surface area contributed by atoms with Gasteiger partial charge in [0.05, 0.1) is 6.04 Å². The van der Waals surface area contributed by atoms with E-state index in [1.165, 1.54) is 5.56 Å². The van der Waals surface area contributed by atoms with Gasteiger partial charge in [-0.2, -0.15) is 0 Å². The second-order valence-corrected chi connectivity index (χ2v) is 5.38. The summed E-state index contributed by atoms with van der Waals surface area (Å²) in [6.07, 6.45) is 0. The van der Waals surface area contributed by atoms with Crippen molar-refractivity contribution in [3.63, 3.8) is 0 Å². The van der Waals surface area contributed by atoms with Gasteiger partial charge in [0.1, 0.15) is 0 Å². The first-order valence-electron chi connectivity index (χ1n) is 7.19. The molecule has 1 aromatic rings. The predicted octanol–water partition coefficient (Wildman–Crippen LogP) is 2.20. The average Bonchev–Trinajstić information content (AvgIpc) is 2.46. The topological polar surface area (TPSA) is 23.6 Å². The molecule has 0 radical (unpaired) electrons. The van der Waals surface area contributed by atoms with Crippen LogP contribution in [0.4, 0.5) is 0 Å². The van der Waals surface area contributed by atoms with Gasteiger partial charge in [0.25, 0.3) is 0 Å². The number of carbonyl (C=O) groups excluding carboxylic acids is 1. The molecule has 1 unspecified atom stereocenters. The van der Waals surface area contributed by atoms with Gasteiger partial charge in [-0.05, 0) is 20.4 Å². The van der Waals surface area contributed by atoms with Gasteiger partial charge in [-0.1, -0.05) is 36.8 Å². The fourth-order valence-electron chi connectivity index (χ4n) is 2.59. The van der Waals surface area contributed by atoms with Crippen molar-refractivity contribution in [2.24, 2.45) is 0 Å². The Hall–Kier alpha value is -1.19. The molecule has 0 aromatic heterocycles. The smallest absolute Gasteiger partial charge is 0.179 e. The van der Waals surface area contributed by atoms with Crippen LogP contribution in [0.25, 0.3) is 0 Å². The fourth-order valence-corrected chi connectivity index (χ4v) is 2.59. The molecule has 0 spiro atoms. The molecule has 1 heterocycles. The van der Waals surface area contributed by atoms with E-state index in [0.717, 1.165) is 38.3 Å². The van der Waals surface area contributed by atoms with Crippen molar-refractivity contribution in [3.8, 4) is 0 Å². The summed E-state index contributed by atoms with van der Waals surface area (Å²) < 4.78 is 0. The van der Waals surface area contributed by atoms with Crippen molar-refractivity contribution in [1.29, 1.82) is 0 Å². The molecule has 1 aromatic carbocycles. The number of benzene rings is 1. The van der Waals surface area contributed by atoms with Crippen molar-refractivity contribution in [2.45, 2.75) is 26.8 Å². The van der Waals surface area contributed by atoms with Crippen molar-refractivity contribution in [3.05, 3.63) is 35.4 Å². The normalized spacial score (nSPS) is 19.3. The highest BCUT2D eigenvalue weighted by Crippen LogP contribution is 2.12. The van der Waals surface area contributed by atoms with E-state index in [2.05, 4.69) is 16.7 Å². The van der Waals surface area contributed by atoms with E-state index in [-0.39, 0.29) is 11.8 Å². The van der Waals surface area contributed by atoms with E-state index >= 15 is 0 Å². The van der Waals surface area contributed by atoms with Crippen LogP contribution < -0.4 is 0 Å². The molecule has 0 saturated carbocycles. The molecule has 2 rings (SSSR count). The summed E-state index contributed by atoms with van der Waals surface area (Å²) >= 11 is 0. The van der Waals surface area contributed by atoms with Crippen LogP contribution in [0, 0.1) is 6.92 Å². The number of piperazine rings is 1. The van der Waals surface area contributed by atoms with Gasteiger partial charge in [0.15, 0.2) is 5.78 Å². The minimum Gasteiger partial charge on any atom is -0.301 e. The van der Waals surface area contributed by atoms with E-state index in [9.17, 15) is 4.79 Å². The molecule has 3 nitrogen and oxygen atoms in total. The Kier molecular flexibility index (Phi) is 4.72. The molecule has 0 N–H and O–H groups in total. The molecule has 1 fully saturated rings. The van der Waals surface area contributed by atoms with E-state index < -0.39 is 0 Å². The lowest BCUT2D eigenvalue weighted by molar-refractivity contribution is 0.0710. The second-order valence-electron chi connectivity index (χ2n) is 5.38. The van der Waals surface area contributed by atoms with Gasteiger partial charge in [0, 0.05) is 31.7 Å². The number of ketones is 1. The zero-order chi connectivity index (χ0) is 13.8. The molecule has 1 aliphatic rings. The van der Waals surface area contributed by atoms with Crippen molar-refractivity contribution in [1.82, 2.24) is 9.80 Å². The largest absolute Gasteiger partial charge is 0.301 e. The standard InChI is InChI=1S/C16H24N2O/c1-4-17-9-11-18(12-10-17)14(3)16(19)15-7-5-13(2)6-8-15/h5-8,14H,4,9-12H2,1-3H3. The third-order valence-electron chi connectivity index (χ3n) is 4.12. The van der Waals surface area contributed by atoms with Gasteiger partial charge >= 0.3 is 0 Å². The number of likely N-dealkylation sites (N-methyl/N-ethyl adjacent to an activating group) is 1. The number of rotatable bonds is 4. The molecule has 1 atom stereocenters. The van der Waals surface area contributed by atoms with E-state index in [1.54, 1.807) is 0 Å². The minimum atomic E-state index is -0.0123. The van der Waals surface area contributed by atoms with Gasteiger partial charge < -0.3 is 4.90 Å². The van der Waals surface area contributed by atoms with Crippen LogP contribution in [-0.4, -0.2) is 54.3 Å². The van der Waals surface area contributed by atoms with Crippen LogP contribution in [-0.2, 0) is 0 Å². The average molecular weight is 260 g/mol. The third kappa shape index (κ3) is 3.43. The molecular weight excluding hydrogens is 236 g/mol. The fraction of sp³-hybridized carbons (Fsp3) is 0.562. The van der Waals surface area contributed by atoms with Gasteiger partial charge in [-0.3, -0.25) is 9.69 Å². The van der Waals surface area contributed by atoms with Crippen LogP contribution in [0.15, 0.2) is 24.3 Å². The van der Waals surface area contributed by atoms with E-state index in [4.69, 9.17) is 0 Å². The highest BCUT2D eigenvalue weighted by Gasteiger charge is 2.25. The van der Waals surface area contributed by atoms with Gasteiger partial charge in [0.2, 0.25) is 0 Å². The van der Waals surface area contributed by atoms with Crippen LogP contribution in [0.5, 0.6) is 0 Å². The summed E-state index contributed by atoms with van der Waals surface area (Å²) in [5, 5.41) is 0. The molecule has 19 heavy (non-hydrogen) atoms. The monoisotopic (exact) mass is 260 g/mol. The van der Waals surface area contributed by atoms with Gasteiger partial charge in [-0.25, -0.2) is 0 Å². The Morgan fingerprint density at radius 3 is 2.26 bits per heavy atom. The summed E-state index contributed by atoms with van der Waals surface area (Å²) in [6, 6.07) is 7.89. The second kappa shape index (κ2) is 6.31. The highest BCUT2D eigenvalue weighted by molar-refractivity contribution is 5.99. The molecule has 1 aliphatic heterocycles. The molecule has 0 bridgehead atoms. The zero-order valence-corrected chi connectivity index (χ0v) is 12.2. The van der Waals surface area contributed by atoms with Crippen LogP contribution >= 0.6 is 0 Å². The number of aryl methyl sites for hydroxylation is 1. The van der Waals surface area contributed by atoms with Crippen LogP contribution in [0.3, 0.4) is 0 Å². The molecule has 104 valence electrons. The lowest BCUT2D eigenvalue weighted by Gasteiger charge is -2.37. The Balaban J connectivity index is 1.98. The first-order valence-corrected chi connectivity index (χ1v) is 7.19. The maximum absolute atomic E-state index is 12.5. The lowest BCUT2D eigenvalue weighted by atomic mass is 10.0. The van der Waals surface area contributed by atoms with Crippen molar-refractivity contribution >= 4 is 5.78 Å². The van der Waals surface area contributed by atoms with Crippen molar-refractivity contribution in [2.75, 3.05) is 32.7 Å². The van der Waals surface area contributed by atoms with Gasteiger partial charge in [-0.15, -0.1) is 0 Å². The molecule has 3 heteroatoms. The Bertz CT molecular complexity index is 419. The Morgan fingerprint density at radius 2 is 1.74 bits per heavy atom. The maximum atomic E-state index is 12.5. The number of carbonyl (C=O) groups is 1. The Morgan fingerprint density at radius 1 is 1.16 bits per heavy atom. The lowest BCUT2D eigenvalue weighted by Crippen LogP contribution is -2.51. The summed E-state index contributed by atoms with van der Waals surface area (Å²) in [6.45, 7) is 11.5. The Labute approximate surface area is 116 Å². The first-order chi connectivity index (χ1) is 9.11. The zero-order valence-electron chi connectivity index (χ0n) is 12.2. The van der Waals surface area contributed by atoms with E-state index in [0.29, 0.717) is 0 Å². The molecule has 0 amide bonds. The quantitative estimate of drug-likeness (QED) is 0.775. The van der Waals surface area contributed by atoms with Crippen molar-refractivity contribution < 1.29 is 4.79 Å². The predicted molar refractivity (Wildman–Crippen MR) is 78.7 cm³/mol. The number of hydrogen-bond acceptors (Lipinski definition) is 3. The number of Topliss-reactive ketones (excluding diaryl/α,β-unsaturated/α-hetero) is 1. The first kappa shape index (κ1) is 14.2. The SMILES string of the molecule is CCN1CCN(C(C)C(=O)c2ccc(C)cc2)CC1. The number of hydrogen-bond donors (Lipinski definition) is 0. The summed E-state index contributed by atoms with van der Waals surface area (Å²) in [7, 11) is 0. The summed E-state index contributed by atoms with van der Waals surface area (Å²) in [5.41, 5.74) is 2.02. The van der Waals surface area contributed by atoms with Crippen LogP contribution in [0.2, 0.25) is 0 Å². The van der Waals surface area contributed by atoms with Crippen LogP contribution in [0.1, 0.15) is 29.8 Å². The van der Waals surface area contributed by atoms with E-state index in [1.807, 2.05) is 38.1 Å². The molecule has 0 aliphatic carbocycles. The maximum Gasteiger partial charge on any atom is 0.179 e. The molecule has 1 saturated heterocycles. The molecular formula is C16H24N2O. The summed E-state index contributed by atoms with van der Waals surface area (Å²) in [4.78, 5) is 17.2. The third-order valence-corrected chi connectivity index (χ3v) is 4.12. The minimum absolute atomic E-state index is 0.0123. The number of nitrogens with zero attached hydrogens (tertiary/aromatic N) is 2.